The first kappa shape index (κ1) is 15.7. The highest BCUT2D eigenvalue weighted by Gasteiger charge is 2.38. The summed E-state index contributed by atoms with van der Waals surface area (Å²) in [6, 6.07) is -0.141. The van der Waals surface area contributed by atoms with Crippen molar-refractivity contribution in [2.45, 2.75) is 38.9 Å². The summed E-state index contributed by atoms with van der Waals surface area (Å²) in [5, 5.41) is 0. The lowest BCUT2D eigenvalue weighted by Crippen LogP contribution is -2.50. The molecule has 1 aliphatic rings. The molecule has 0 atom stereocenters. The van der Waals surface area contributed by atoms with E-state index in [0.717, 1.165) is 12.8 Å². The van der Waals surface area contributed by atoms with E-state index in [9.17, 15) is 13.2 Å². The van der Waals surface area contributed by atoms with Gasteiger partial charge in [0.05, 0.1) is 6.54 Å². The van der Waals surface area contributed by atoms with Crippen LogP contribution in [0.4, 0.5) is 13.2 Å². The van der Waals surface area contributed by atoms with E-state index < -0.39 is 12.7 Å². The number of hydrogen-bond donors (Lipinski definition) is 1. The van der Waals surface area contributed by atoms with Crippen LogP contribution in [0.2, 0.25) is 0 Å². The van der Waals surface area contributed by atoms with E-state index in [-0.39, 0.29) is 11.5 Å². The van der Waals surface area contributed by atoms with Gasteiger partial charge in [-0.3, -0.25) is 4.90 Å². The Balaban J connectivity index is 2.68. The van der Waals surface area contributed by atoms with Crippen molar-refractivity contribution in [3.63, 3.8) is 0 Å². The van der Waals surface area contributed by atoms with Gasteiger partial charge in [-0.05, 0) is 38.6 Å². The van der Waals surface area contributed by atoms with E-state index in [1.807, 2.05) is 0 Å². The Morgan fingerprint density at radius 3 is 2.22 bits per heavy atom. The van der Waals surface area contributed by atoms with Crippen LogP contribution in [0.25, 0.3) is 0 Å². The number of hydrogen-bond acceptors (Lipinski definition) is 3. The van der Waals surface area contributed by atoms with Crippen LogP contribution in [0.1, 0.15) is 26.7 Å². The highest BCUT2D eigenvalue weighted by molar-refractivity contribution is 4.87. The van der Waals surface area contributed by atoms with Crippen molar-refractivity contribution in [1.29, 1.82) is 0 Å². The molecule has 0 spiro atoms. The fourth-order valence-electron chi connectivity index (χ4n) is 2.31. The zero-order chi connectivity index (χ0) is 13.8. The molecule has 18 heavy (non-hydrogen) atoms. The minimum absolute atomic E-state index is 0.141. The smallest absolute Gasteiger partial charge is 0.381 e. The zero-order valence-electron chi connectivity index (χ0n) is 11.1. The minimum atomic E-state index is -4.16. The van der Waals surface area contributed by atoms with Gasteiger partial charge >= 0.3 is 6.18 Å². The molecule has 1 saturated heterocycles. The highest BCUT2D eigenvalue weighted by atomic mass is 19.4. The van der Waals surface area contributed by atoms with E-state index in [0.29, 0.717) is 26.3 Å². The Morgan fingerprint density at radius 2 is 1.83 bits per heavy atom. The van der Waals surface area contributed by atoms with Crippen LogP contribution in [-0.2, 0) is 4.74 Å². The average molecular weight is 268 g/mol. The van der Waals surface area contributed by atoms with Gasteiger partial charge in [-0.1, -0.05) is 0 Å². The number of rotatable bonds is 5. The van der Waals surface area contributed by atoms with E-state index in [1.165, 1.54) is 4.90 Å². The molecule has 3 nitrogen and oxygen atoms in total. The van der Waals surface area contributed by atoms with Gasteiger partial charge in [0.2, 0.25) is 0 Å². The van der Waals surface area contributed by atoms with Crippen LogP contribution >= 0.6 is 0 Å². The molecule has 1 heterocycles. The summed E-state index contributed by atoms with van der Waals surface area (Å²) < 4.78 is 42.9. The van der Waals surface area contributed by atoms with Gasteiger partial charge in [-0.2, -0.15) is 13.2 Å². The maximum Gasteiger partial charge on any atom is 0.401 e. The molecule has 1 fully saturated rings. The molecule has 6 heteroatoms. The molecule has 0 amide bonds. The van der Waals surface area contributed by atoms with Crippen LogP contribution in [0.15, 0.2) is 0 Å². The summed E-state index contributed by atoms with van der Waals surface area (Å²) >= 11 is 0. The van der Waals surface area contributed by atoms with Crippen LogP contribution in [-0.4, -0.2) is 50.0 Å². The molecule has 2 N–H and O–H groups in total. The monoisotopic (exact) mass is 268 g/mol. The van der Waals surface area contributed by atoms with E-state index in [1.54, 1.807) is 13.8 Å². The maximum atomic E-state index is 12.6. The SMILES string of the molecule is CC(C)N(CC(F)(F)F)CC1(CN)CCOCC1. The predicted octanol–water partition coefficient (Wildman–Crippen LogP) is 2.01. The molecule has 0 aromatic heterocycles. The molecule has 0 radical (unpaired) electrons. The molecular formula is C12H23F3N2O. The third-order valence-corrected chi connectivity index (χ3v) is 3.64. The Labute approximate surface area is 106 Å². The summed E-state index contributed by atoms with van der Waals surface area (Å²) in [4.78, 5) is 1.47. The summed E-state index contributed by atoms with van der Waals surface area (Å²) in [5.41, 5.74) is 5.56. The number of halogens is 3. The Bertz CT molecular complexity index is 250. The first-order valence-electron chi connectivity index (χ1n) is 6.37. The molecule has 0 saturated carbocycles. The molecule has 0 aromatic rings. The van der Waals surface area contributed by atoms with Crippen LogP contribution in [0.5, 0.6) is 0 Å². The third-order valence-electron chi connectivity index (χ3n) is 3.64. The molecule has 1 aliphatic heterocycles. The average Bonchev–Trinajstić information content (AvgIpc) is 2.27. The largest absolute Gasteiger partial charge is 0.401 e. The van der Waals surface area contributed by atoms with Crippen molar-refractivity contribution in [2.24, 2.45) is 11.1 Å². The van der Waals surface area contributed by atoms with Crippen molar-refractivity contribution in [3.8, 4) is 0 Å². The molecule has 1 rings (SSSR count). The lowest BCUT2D eigenvalue weighted by molar-refractivity contribution is -0.155. The fraction of sp³-hybridized carbons (Fsp3) is 1.00. The second-order valence-corrected chi connectivity index (χ2v) is 5.43. The van der Waals surface area contributed by atoms with Gasteiger partial charge < -0.3 is 10.5 Å². The third kappa shape index (κ3) is 4.74. The minimum Gasteiger partial charge on any atom is -0.381 e. The fourth-order valence-corrected chi connectivity index (χ4v) is 2.31. The summed E-state index contributed by atoms with van der Waals surface area (Å²) in [5.74, 6) is 0. The summed E-state index contributed by atoms with van der Waals surface area (Å²) in [6.07, 6.45) is -2.68. The van der Waals surface area contributed by atoms with Crippen molar-refractivity contribution in [3.05, 3.63) is 0 Å². The highest BCUT2D eigenvalue weighted by Crippen LogP contribution is 2.32. The Morgan fingerprint density at radius 1 is 1.28 bits per heavy atom. The van der Waals surface area contributed by atoms with Crippen molar-refractivity contribution in [1.82, 2.24) is 4.90 Å². The Hall–Kier alpha value is -0.330. The zero-order valence-corrected chi connectivity index (χ0v) is 11.1. The molecule has 0 bridgehead atoms. The van der Waals surface area contributed by atoms with Crippen LogP contribution < -0.4 is 5.73 Å². The van der Waals surface area contributed by atoms with Crippen LogP contribution in [0, 0.1) is 5.41 Å². The van der Waals surface area contributed by atoms with Gasteiger partial charge in [0.1, 0.15) is 0 Å². The first-order chi connectivity index (χ1) is 8.28. The summed E-state index contributed by atoms with van der Waals surface area (Å²) in [6.45, 7) is 4.70. The van der Waals surface area contributed by atoms with Gasteiger partial charge in [-0.15, -0.1) is 0 Å². The molecule has 0 aromatic carbocycles. The lowest BCUT2D eigenvalue weighted by atomic mass is 9.79. The molecule has 0 aliphatic carbocycles. The Kier molecular flexibility index (Phi) is 5.43. The normalized spacial score (nSPS) is 20.7. The number of alkyl halides is 3. The van der Waals surface area contributed by atoms with Gasteiger partial charge in [-0.25, -0.2) is 0 Å². The van der Waals surface area contributed by atoms with Crippen molar-refractivity contribution < 1.29 is 17.9 Å². The molecule has 0 unspecified atom stereocenters. The van der Waals surface area contributed by atoms with E-state index in [2.05, 4.69) is 0 Å². The number of nitrogens with zero attached hydrogens (tertiary/aromatic N) is 1. The molecule has 108 valence electrons. The maximum absolute atomic E-state index is 12.6. The lowest BCUT2D eigenvalue weighted by Gasteiger charge is -2.41. The second-order valence-electron chi connectivity index (χ2n) is 5.43. The van der Waals surface area contributed by atoms with Crippen molar-refractivity contribution >= 4 is 0 Å². The molecular weight excluding hydrogens is 245 g/mol. The first-order valence-corrected chi connectivity index (χ1v) is 6.37. The second kappa shape index (κ2) is 6.21. The van der Waals surface area contributed by atoms with Gasteiger partial charge in [0, 0.05) is 25.8 Å². The van der Waals surface area contributed by atoms with E-state index >= 15 is 0 Å². The van der Waals surface area contributed by atoms with Crippen LogP contribution in [0.3, 0.4) is 0 Å². The number of nitrogens with two attached hydrogens (primary N) is 1. The van der Waals surface area contributed by atoms with Crippen molar-refractivity contribution in [2.75, 3.05) is 32.8 Å². The number of ether oxygens (including phenoxy) is 1. The standard InChI is InChI=1S/C12H23F3N2O/c1-10(2)17(9-12(13,14)15)8-11(7-16)3-5-18-6-4-11/h10H,3-9,16H2,1-2H3. The quantitative estimate of drug-likeness (QED) is 0.829. The van der Waals surface area contributed by atoms with Gasteiger partial charge in [0.25, 0.3) is 0 Å². The summed E-state index contributed by atoms with van der Waals surface area (Å²) in [7, 11) is 0. The van der Waals surface area contributed by atoms with E-state index in [4.69, 9.17) is 10.5 Å². The van der Waals surface area contributed by atoms with Gasteiger partial charge in [0.15, 0.2) is 0 Å². The predicted molar refractivity (Wildman–Crippen MR) is 64.3 cm³/mol. The topological polar surface area (TPSA) is 38.5 Å².